The molecule has 0 radical (unpaired) electrons. The van der Waals surface area contributed by atoms with Crippen LogP contribution in [0.2, 0.25) is 0 Å². The van der Waals surface area contributed by atoms with Crippen LogP contribution in [0.5, 0.6) is 0 Å². The van der Waals surface area contributed by atoms with E-state index in [0.717, 1.165) is 24.9 Å². The molecule has 2 aliphatic rings. The Morgan fingerprint density at radius 3 is 2.95 bits per heavy atom. The molecule has 0 aliphatic carbocycles. The van der Waals surface area contributed by atoms with Crippen LogP contribution in [-0.2, 0) is 0 Å². The van der Waals surface area contributed by atoms with Gasteiger partial charge in [0.2, 0.25) is 5.95 Å². The number of hydrogen-bond donors (Lipinski definition) is 1. The number of rotatable bonds is 1. The largest absolute Gasteiger partial charge is 0.369 e. The smallest absolute Gasteiger partial charge is 0.201 e. The zero-order chi connectivity index (χ0) is 14.6. The van der Waals surface area contributed by atoms with Crippen molar-refractivity contribution in [3.63, 3.8) is 0 Å². The summed E-state index contributed by atoms with van der Waals surface area (Å²) in [5, 5.41) is 0. The summed E-state index contributed by atoms with van der Waals surface area (Å²) >= 11 is 3.26. The minimum absolute atomic E-state index is 0.294. The molecule has 2 unspecified atom stereocenters. The lowest BCUT2D eigenvalue weighted by Gasteiger charge is -2.35. The third-order valence-corrected chi connectivity index (χ3v) is 5.52. The van der Waals surface area contributed by atoms with Gasteiger partial charge in [-0.05, 0) is 54.2 Å². The molecule has 4 nitrogen and oxygen atoms in total. The van der Waals surface area contributed by atoms with Crippen LogP contribution in [0.3, 0.4) is 0 Å². The second-order valence-corrected chi connectivity index (χ2v) is 6.96. The van der Waals surface area contributed by atoms with Crippen molar-refractivity contribution in [2.24, 2.45) is 0 Å². The van der Waals surface area contributed by atoms with E-state index in [0.29, 0.717) is 28.0 Å². The van der Waals surface area contributed by atoms with Gasteiger partial charge in [0.15, 0.2) is 0 Å². The van der Waals surface area contributed by atoms with E-state index < -0.39 is 0 Å². The van der Waals surface area contributed by atoms with E-state index in [9.17, 15) is 4.39 Å². The number of anilines is 1. The quantitative estimate of drug-likeness (QED) is 0.856. The number of piperidine rings is 1. The summed E-state index contributed by atoms with van der Waals surface area (Å²) in [7, 11) is 0. The lowest BCUT2D eigenvalue weighted by Crippen LogP contribution is -2.38. The molecule has 2 aliphatic heterocycles. The molecule has 3 heterocycles. The summed E-state index contributed by atoms with van der Waals surface area (Å²) in [6, 6.07) is 4.29. The average molecular weight is 353 g/mol. The Morgan fingerprint density at radius 1 is 1.24 bits per heavy atom. The van der Waals surface area contributed by atoms with Crippen molar-refractivity contribution in [1.29, 1.82) is 0 Å². The van der Waals surface area contributed by atoms with E-state index in [1.807, 2.05) is 0 Å². The van der Waals surface area contributed by atoms with Gasteiger partial charge in [-0.25, -0.2) is 9.37 Å². The van der Waals surface area contributed by atoms with E-state index in [2.05, 4.69) is 30.4 Å². The molecule has 0 amide bonds. The first-order valence-electron chi connectivity index (χ1n) is 7.50. The van der Waals surface area contributed by atoms with Gasteiger partial charge in [0.25, 0.3) is 0 Å². The van der Waals surface area contributed by atoms with Crippen molar-refractivity contribution < 1.29 is 4.39 Å². The maximum absolute atomic E-state index is 13.7. The average Bonchev–Trinajstić information content (AvgIpc) is 3.02. The lowest BCUT2D eigenvalue weighted by atomic mass is 9.97. The van der Waals surface area contributed by atoms with Gasteiger partial charge in [0.1, 0.15) is 5.82 Å². The first-order valence-corrected chi connectivity index (χ1v) is 8.29. The zero-order valence-corrected chi connectivity index (χ0v) is 13.3. The normalized spacial score (nSPS) is 26.4. The standard InChI is InChI=1S/C15H18BrFN4/c16-11-7-14-13(8-12(11)17)19-15(18)21(14)10-3-5-20-4-1-2-9(20)6-10/h7-10H,1-6H2,(H2,18,19). The minimum Gasteiger partial charge on any atom is -0.369 e. The van der Waals surface area contributed by atoms with Crippen LogP contribution in [0.1, 0.15) is 31.7 Å². The van der Waals surface area contributed by atoms with Gasteiger partial charge in [-0.3, -0.25) is 0 Å². The van der Waals surface area contributed by atoms with Crippen molar-refractivity contribution >= 4 is 32.9 Å². The van der Waals surface area contributed by atoms with Crippen molar-refractivity contribution in [2.45, 2.75) is 37.8 Å². The molecule has 1 aromatic heterocycles. The van der Waals surface area contributed by atoms with Gasteiger partial charge < -0.3 is 15.2 Å². The van der Waals surface area contributed by atoms with Gasteiger partial charge in [-0.1, -0.05) is 0 Å². The summed E-state index contributed by atoms with van der Waals surface area (Å²) in [6.45, 7) is 2.35. The third-order valence-electron chi connectivity index (χ3n) is 4.92. The van der Waals surface area contributed by atoms with Gasteiger partial charge in [0, 0.05) is 24.7 Å². The number of hydrogen-bond acceptors (Lipinski definition) is 3. The first kappa shape index (κ1) is 13.5. The summed E-state index contributed by atoms with van der Waals surface area (Å²) in [4.78, 5) is 6.93. The maximum atomic E-state index is 13.7. The van der Waals surface area contributed by atoms with Crippen LogP contribution in [0.15, 0.2) is 16.6 Å². The van der Waals surface area contributed by atoms with Gasteiger partial charge in [-0.2, -0.15) is 0 Å². The molecule has 0 saturated carbocycles. The fourth-order valence-electron chi connectivity index (χ4n) is 3.93. The Kier molecular flexibility index (Phi) is 3.19. The number of nitrogens with zero attached hydrogens (tertiary/aromatic N) is 3. The molecule has 2 saturated heterocycles. The van der Waals surface area contributed by atoms with Crippen LogP contribution < -0.4 is 5.73 Å². The monoisotopic (exact) mass is 352 g/mol. The number of benzene rings is 1. The van der Waals surface area contributed by atoms with Crippen molar-refractivity contribution in [3.05, 3.63) is 22.4 Å². The molecular weight excluding hydrogens is 335 g/mol. The maximum Gasteiger partial charge on any atom is 0.201 e. The van der Waals surface area contributed by atoms with Crippen LogP contribution in [-0.4, -0.2) is 33.6 Å². The molecule has 0 spiro atoms. The Bertz CT molecular complexity index is 699. The molecule has 4 rings (SSSR count). The van der Waals surface area contributed by atoms with E-state index in [-0.39, 0.29) is 5.82 Å². The van der Waals surface area contributed by atoms with Crippen molar-refractivity contribution in [3.8, 4) is 0 Å². The van der Waals surface area contributed by atoms with E-state index in [1.165, 1.54) is 25.5 Å². The zero-order valence-electron chi connectivity index (χ0n) is 11.7. The summed E-state index contributed by atoms with van der Waals surface area (Å²) < 4.78 is 16.2. The number of aromatic nitrogens is 2. The molecule has 2 aromatic rings. The first-order chi connectivity index (χ1) is 10.1. The van der Waals surface area contributed by atoms with Crippen LogP contribution in [0, 0.1) is 5.82 Å². The van der Waals surface area contributed by atoms with Crippen LogP contribution in [0.25, 0.3) is 11.0 Å². The molecule has 21 heavy (non-hydrogen) atoms. The van der Waals surface area contributed by atoms with E-state index >= 15 is 0 Å². The molecule has 0 bridgehead atoms. The number of nitrogen functional groups attached to an aromatic ring is 1. The highest BCUT2D eigenvalue weighted by molar-refractivity contribution is 9.10. The number of fused-ring (bicyclic) bond motifs is 2. The third kappa shape index (κ3) is 2.16. The van der Waals surface area contributed by atoms with Gasteiger partial charge in [-0.15, -0.1) is 0 Å². The number of nitrogens with two attached hydrogens (primary N) is 1. The SMILES string of the molecule is Nc1nc2cc(F)c(Br)cc2n1C1CCN2CCCC2C1. The Morgan fingerprint density at radius 2 is 2.10 bits per heavy atom. The van der Waals surface area contributed by atoms with Gasteiger partial charge >= 0.3 is 0 Å². The summed E-state index contributed by atoms with van der Waals surface area (Å²) in [5.74, 6) is 0.205. The van der Waals surface area contributed by atoms with Crippen LogP contribution in [0.4, 0.5) is 10.3 Å². The minimum atomic E-state index is -0.294. The molecule has 2 atom stereocenters. The number of halogens is 2. The fourth-order valence-corrected chi connectivity index (χ4v) is 4.26. The molecule has 112 valence electrons. The Labute approximate surface area is 131 Å². The van der Waals surface area contributed by atoms with E-state index in [4.69, 9.17) is 5.73 Å². The predicted molar refractivity (Wildman–Crippen MR) is 84.7 cm³/mol. The highest BCUT2D eigenvalue weighted by atomic mass is 79.9. The highest BCUT2D eigenvalue weighted by Crippen LogP contribution is 2.37. The molecule has 2 N–H and O–H groups in total. The summed E-state index contributed by atoms with van der Waals surface area (Å²) in [5.41, 5.74) is 7.69. The van der Waals surface area contributed by atoms with Crippen molar-refractivity contribution in [1.82, 2.24) is 14.5 Å². The second kappa shape index (κ2) is 4.95. The highest BCUT2D eigenvalue weighted by Gasteiger charge is 2.33. The Hall–Kier alpha value is -1.14. The Balaban J connectivity index is 1.75. The predicted octanol–water partition coefficient (Wildman–Crippen LogP) is 3.32. The molecular formula is C15H18BrFN4. The molecule has 6 heteroatoms. The number of imidazole rings is 1. The molecule has 1 aromatic carbocycles. The summed E-state index contributed by atoms with van der Waals surface area (Å²) in [6.07, 6.45) is 4.78. The second-order valence-electron chi connectivity index (χ2n) is 6.11. The fraction of sp³-hybridized carbons (Fsp3) is 0.533. The van der Waals surface area contributed by atoms with Crippen LogP contribution >= 0.6 is 15.9 Å². The topological polar surface area (TPSA) is 47.1 Å². The van der Waals surface area contributed by atoms with Gasteiger partial charge in [0.05, 0.1) is 15.5 Å². The van der Waals surface area contributed by atoms with E-state index in [1.54, 1.807) is 6.07 Å². The lowest BCUT2D eigenvalue weighted by molar-refractivity contribution is 0.158. The van der Waals surface area contributed by atoms with Crippen molar-refractivity contribution in [2.75, 3.05) is 18.8 Å². The molecule has 2 fully saturated rings.